The molecule has 0 aliphatic rings. The summed E-state index contributed by atoms with van der Waals surface area (Å²) in [5.41, 5.74) is 5.27. The van der Waals surface area contributed by atoms with E-state index in [4.69, 9.17) is 10.5 Å². The van der Waals surface area contributed by atoms with E-state index < -0.39 is 16.3 Å². The number of amides is 1. The molecule has 0 spiro atoms. The zero-order chi connectivity index (χ0) is 12.6. The lowest BCUT2D eigenvalue weighted by Gasteiger charge is -2.20. The smallest absolute Gasteiger partial charge is 0.421 e. The molecule has 9 heteroatoms. The maximum Gasteiger partial charge on any atom is 0.421 e. The summed E-state index contributed by atoms with van der Waals surface area (Å²) in [7, 11) is -1.40. The topological polar surface area (TPSA) is 111 Å². The molecule has 3 N–H and O–H groups in total. The van der Waals surface area contributed by atoms with Crippen LogP contribution >= 0.6 is 0 Å². The standard InChI is InChI=1S/C7H17N3O5S/c1-14-6-5-10(4-3-8)16(12,13)9-7(11)15-2/h3-6,8H2,1-2H3,(H,9,11). The number of carbonyl (C=O) groups is 1. The Morgan fingerprint density at radius 2 is 2.00 bits per heavy atom. The van der Waals surface area contributed by atoms with Crippen LogP contribution in [0.5, 0.6) is 0 Å². The summed E-state index contributed by atoms with van der Waals surface area (Å²) in [6.07, 6.45) is -1.04. The molecule has 0 radical (unpaired) electrons. The fraction of sp³-hybridized carbons (Fsp3) is 0.857. The monoisotopic (exact) mass is 255 g/mol. The van der Waals surface area contributed by atoms with E-state index in [9.17, 15) is 13.2 Å². The lowest BCUT2D eigenvalue weighted by molar-refractivity contribution is 0.172. The normalized spacial score (nSPS) is 11.5. The van der Waals surface area contributed by atoms with Gasteiger partial charge >= 0.3 is 16.3 Å². The summed E-state index contributed by atoms with van der Waals surface area (Å²) in [5.74, 6) is 0. The average Bonchev–Trinajstić information content (AvgIpc) is 2.23. The highest BCUT2D eigenvalue weighted by Gasteiger charge is 2.23. The summed E-state index contributed by atoms with van der Waals surface area (Å²) < 4.78 is 34.9. The van der Waals surface area contributed by atoms with Crippen LogP contribution in [0.1, 0.15) is 0 Å². The van der Waals surface area contributed by atoms with E-state index in [1.807, 2.05) is 0 Å². The fourth-order valence-electron chi connectivity index (χ4n) is 0.901. The maximum absolute atomic E-state index is 11.6. The third kappa shape index (κ3) is 5.26. The van der Waals surface area contributed by atoms with Crippen LogP contribution < -0.4 is 10.5 Å². The van der Waals surface area contributed by atoms with Crippen LogP contribution in [0.2, 0.25) is 0 Å². The van der Waals surface area contributed by atoms with Gasteiger partial charge in [0.15, 0.2) is 0 Å². The Kier molecular flexibility index (Phi) is 6.97. The van der Waals surface area contributed by atoms with Crippen LogP contribution in [0, 0.1) is 0 Å². The van der Waals surface area contributed by atoms with Gasteiger partial charge in [0.25, 0.3) is 0 Å². The number of hydrogen-bond acceptors (Lipinski definition) is 6. The first kappa shape index (κ1) is 15.1. The number of hydrogen-bond donors (Lipinski definition) is 2. The average molecular weight is 255 g/mol. The van der Waals surface area contributed by atoms with Crippen molar-refractivity contribution in [1.82, 2.24) is 9.03 Å². The molecule has 0 saturated heterocycles. The van der Waals surface area contributed by atoms with Crippen molar-refractivity contribution >= 4 is 16.3 Å². The van der Waals surface area contributed by atoms with Gasteiger partial charge in [-0.3, -0.25) is 0 Å². The van der Waals surface area contributed by atoms with Crippen molar-refractivity contribution in [1.29, 1.82) is 0 Å². The van der Waals surface area contributed by atoms with Crippen molar-refractivity contribution in [2.24, 2.45) is 5.73 Å². The summed E-state index contributed by atoms with van der Waals surface area (Å²) in [5, 5.41) is 0. The maximum atomic E-state index is 11.6. The van der Waals surface area contributed by atoms with E-state index in [2.05, 4.69) is 4.74 Å². The SMILES string of the molecule is COCCN(CCN)S(=O)(=O)NC(=O)OC. The minimum absolute atomic E-state index is 0.0929. The predicted molar refractivity (Wildman–Crippen MR) is 57.0 cm³/mol. The molecular weight excluding hydrogens is 238 g/mol. The van der Waals surface area contributed by atoms with Gasteiger partial charge in [0, 0.05) is 26.7 Å². The lowest BCUT2D eigenvalue weighted by atomic mass is 10.6. The van der Waals surface area contributed by atoms with Gasteiger partial charge in [-0.2, -0.15) is 12.7 Å². The molecule has 0 aromatic heterocycles. The molecule has 0 atom stereocenters. The van der Waals surface area contributed by atoms with Crippen molar-refractivity contribution in [3.05, 3.63) is 0 Å². The van der Waals surface area contributed by atoms with Gasteiger partial charge in [-0.1, -0.05) is 0 Å². The number of nitrogens with two attached hydrogens (primary N) is 1. The second-order valence-corrected chi connectivity index (χ2v) is 4.45. The van der Waals surface area contributed by atoms with Gasteiger partial charge in [-0.15, -0.1) is 0 Å². The Bertz CT molecular complexity index is 305. The molecule has 0 rings (SSSR count). The molecule has 0 aromatic carbocycles. The van der Waals surface area contributed by atoms with Gasteiger partial charge in [0.2, 0.25) is 0 Å². The van der Waals surface area contributed by atoms with E-state index in [-0.39, 0.29) is 26.2 Å². The minimum atomic E-state index is -3.92. The van der Waals surface area contributed by atoms with Crippen molar-refractivity contribution in [3.63, 3.8) is 0 Å². The quantitative estimate of drug-likeness (QED) is 0.572. The number of nitrogens with one attached hydrogen (secondary N) is 1. The molecule has 0 aliphatic carbocycles. The summed E-state index contributed by atoms with van der Waals surface area (Å²) in [6.45, 7) is 0.559. The number of rotatable bonds is 7. The number of carbonyl (C=O) groups excluding carboxylic acids is 1. The molecule has 0 fully saturated rings. The minimum Gasteiger partial charge on any atom is -0.452 e. The van der Waals surface area contributed by atoms with Gasteiger partial charge in [0.05, 0.1) is 13.7 Å². The van der Waals surface area contributed by atoms with Crippen LogP contribution in [0.3, 0.4) is 0 Å². The Balaban J connectivity index is 4.55. The number of nitrogens with zero attached hydrogens (tertiary/aromatic N) is 1. The van der Waals surface area contributed by atoms with Gasteiger partial charge in [-0.25, -0.2) is 9.52 Å². The van der Waals surface area contributed by atoms with Crippen LogP contribution in [-0.4, -0.2) is 59.3 Å². The first-order valence-electron chi connectivity index (χ1n) is 4.52. The molecule has 0 saturated carbocycles. The van der Waals surface area contributed by atoms with Crippen LogP contribution in [-0.2, 0) is 19.7 Å². The van der Waals surface area contributed by atoms with Crippen molar-refractivity contribution < 1.29 is 22.7 Å². The third-order valence-corrected chi connectivity index (χ3v) is 3.13. The molecule has 0 unspecified atom stereocenters. The number of methoxy groups -OCH3 is 2. The van der Waals surface area contributed by atoms with Crippen molar-refractivity contribution in [2.45, 2.75) is 0 Å². The Morgan fingerprint density at radius 1 is 1.38 bits per heavy atom. The van der Waals surface area contributed by atoms with Crippen LogP contribution in [0.15, 0.2) is 0 Å². The fourth-order valence-corrected chi connectivity index (χ4v) is 1.98. The Hall–Kier alpha value is -0.900. The molecule has 16 heavy (non-hydrogen) atoms. The zero-order valence-corrected chi connectivity index (χ0v) is 10.1. The van der Waals surface area contributed by atoms with Crippen molar-refractivity contribution in [2.75, 3.05) is 40.5 Å². The number of ether oxygens (including phenoxy) is 2. The summed E-state index contributed by atoms with van der Waals surface area (Å²) in [4.78, 5) is 10.8. The molecule has 0 heterocycles. The first-order valence-corrected chi connectivity index (χ1v) is 5.96. The molecule has 96 valence electrons. The van der Waals surface area contributed by atoms with E-state index >= 15 is 0 Å². The lowest BCUT2D eigenvalue weighted by Crippen LogP contribution is -2.46. The molecular formula is C7H17N3O5S. The zero-order valence-electron chi connectivity index (χ0n) is 9.30. The van der Waals surface area contributed by atoms with Crippen LogP contribution in [0.25, 0.3) is 0 Å². The summed E-state index contributed by atoms with van der Waals surface area (Å²) >= 11 is 0. The Labute approximate surface area is 94.9 Å². The molecule has 0 aromatic rings. The highest BCUT2D eigenvalue weighted by Crippen LogP contribution is 1.97. The molecule has 1 amide bonds. The Morgan fingerprint density at radius 3 is 2.44 bits per heavy atom. The van der Waals surface area contributed by atoms with Gasteiger partial charge in [0.1, 0.15) is 0 Å². The third-order valence-electron chi connectivity index (χ3n) is 1.66. The van der Waals surface area contributed by atoms with E-state index in [1.165, 1.54) is 7.11 Å². The molecule has 0 bridgehead atoms. The predicted octanol–water partition coefficient (Wildman–Crippen LogP) is -1.51. The van der Waals surface area contributed by atoms with Crippen molar-refractivity contribution in [3.8, 4) is 0 Å². The van der Waals surface area contributed by atoms with Gasteiger partial charge in [-0.05, 0) is 0 Å². The second kappa shape index (κ2) is 7.39. The highest BCUT2D eigenvalue weighted by molar-refractivity contribution is 7.87. The molecule has 0 aliphatic heterocycles. The first-order chi connectivity index (χ1) is 7.47. The second-order valence-electron chi connectivity index (χ2n) is 2.78. The summed E-state index contributed by atoms with van der Waals surface area (Å²) in [6, 6.07) is 0. The van der Waals surface area contributed by atoms with Gasteiger partial charge < -0.3 is 15.2 Å². The highest BCUT2D eigenvalue weighted by atomic mass is 32.2. The molecule has 8 nitrogen and oxygen atoms in total. The van der Waals surface area contributed by atoms with E-state index in [1.54, 1.807) is 4.72 Å². The van der Waals surface area contributed by atoms with E-state index in [0.717, 1.165) is 11.4 Å². The van der Waals surface area contributed by atoms with E-state index in [0.29, 0.717) is 0 Å². The largest absolute Gasteiger partial charge is 0.452 e. The van der Waals surface area contributed by atoms with Crippen LogP contribution in [0.4, 0.5) is 4.79 Å².